The maximum Gasteiger partial charge on any atom is 0.320 e. The molecule has 0 aliphatic carbocycles. The van der Waals surface area contributed by atoms with Gasteiger partial charge in [-0.3, -0.25) is 15.4 Å². The minimum Gasteiger partial charge on any atom is -0.350 e. The lowest BCUT2D eigenvalue weighted by Gasteiger charge is -2.29. The van der Waals surface area contributed by atoms with E-state index in [-0.39, 0.29) is 18.1 Å². The van der Waals surface area contributed by atoms with Crippen molar-refractivity contribution in [3.63, 3.8) is 0 Å². The van der Waals surface area contributed by atoms with Crippen molar-refractivity contribution in [2.75, 3.05) is 13.1 Å². The molecule has 0 spiro atoms. The van der Waals surface area contributed by atoms with Crippen LogP contribution in [0.25, 0.3) is 0 Å². The fraction of sp³-hybridized carbons (Fsp3) is 0.333. The number of thioether (sulfide) groups is 1. The molecule has 0 radical (unpaired) electrons. The normalized spacial score (nSPS) is 25.7. The lowest BCUT2D eigenvalue weighted by molar-refractivity contribution is -0.116. The molecule has 0 aromatic rings. The van der Waals surface area contributed by atoms with Crippen LogP contribution >= 0.6 is 11.8 Å². The summed E-state index contributed by atoms with van der Waals surface area (Å²) in [6.45, 7) is 0.883. The first-order valence-corrected chi connectivity index (χ1v) is 7.42. The van der Waals surface area contributed by atoms with Crippen molar-refractivity contribution in [2.24, 2.45) is 10.7 Å². The lowest BCUT2D eigenvalue weighted by atomic mass is 10.2. The van der Waals surface area contributed by atoms with Gasteiger partial charge in [0, 0.05) is 25.5 Å². The Hall–Kier alpha value is -2.22. The first kappa shape index (κ1) is 13.7. The Bertz CT molecular complexity index is 590. The molecule has 0 saturated heterocycles. The van der Waals surface area contributed by atoms with Crippen molar-refractivity contribution in [1.29, 1.82) is 0 Å². The van der Waals surface area contributed by atoms with E-state index in [0.717, 1.165) is 5.84 Å². The minimum atomic E-state index is -0.124. The molecular weight excluding hydrogens is 290 g/mol. The predicted molar refractivity (Wildman–Crippen MR) is 84.3 cm³/mol. The van der Waals surface area contributed by atoms with Crippen LogP contribution in [-0.4, -0.2) is 54.6 Å². The van der Waals surface area contributed by atoms with Gasteiger partial charge in [0.05, 0.1) is 4.91 Å². The number of carbonyl (C=O) groups is 1. The third-order valence-corrected chi connectivity index (χ3v) is 3.95. The van der Waals surface area contributed by atoms with Crippen LogP contribution in [0.3, 0.4) is 0 Å². The SMILES string of the molecule is NCCNC(=O)C1=CN(C2NC=[N+]=C3NC=NC32)C=CS1. The molecule has 3 aliphatic heterocycles. The summed E-state index contributed by atoms with van der Waals surface area (Å²) < 4.78 is 4.21. The second-order valence-electron chi connectivity index (χ2n) is 4.51. The fourth-order valence-electron chi connectivity index (χ4n) is 2.15. The van der Waals surface area contributed by atoms with Crippen LogP contribution in [-0.2, 0) is 4.79 Å². The summed E-state index contributed by atoms with van der Waals surface area (Å²) in [4.78, 5) is 18.9. The van der Waals surface area contributed by atoms with Gasteiger partial charge in [0.15, 0.2) is 6.17 Å². The number of carbonyl (C=O) groups excluding carboxylic acids is 1. The second kappa shape index (κ2) is 6.04. The summed E-state index contributed by atoms with van der Waals surface area (Å²) in [5, 5.41) is 10.8. The molecule has 0 bridgehead atoms. The standard InChI is InChI=1S/C12H15N7OS/c13-1-2-14-12(20)8-5-19(3-4-21-8)11-9-10(16-6-15-9)17-7-18-11/h3-7,9,11H,1-2,13H2,(H2,14,15,16,17,18,20)/p+1. The van der Waals surface area contributed by atoms with Gasteiger partial charge in [-0.15, -0.1) is 0 Å². The van der Waals surface area contributed by atoms with E-state index in [4.69, 9.17) is 5.73 Å². The summed E-state index contributed by atoms with van der Waals surface area (Å²) in [7, 11) is 0. The Labute approximate surface area is 126 Å². The first-order valence-electron chi connectivity index (χ1n) is 6.54. The van der Waals surface area contributed by atoms with E-state index in [1.165, 1.54) is 11.8 Å². The van der Waals surface area contributed by atoms with Crippen molar-refractivity contribution >= 4 is 36.2 Å². The van der Waals surface area contributed by atoms with Crippen LogP contribution in [0.2, 0.25) is 0 Å². The number of fused-ring (bicyclic) bond motifs is 1. The maximum absolute atomic E-state index is 12.0. The van der Waals surface area contributed by atoms with E-state index < -0.39 is 0 Å². The first-order chi connectivity index (χ1) is 10.3. The number of amides is 1. The molecule has 0 saturated carbocycles. The van der Waals surface area contributed by atoms with Gasteiger partial charge in [-0.05, 0) is 5.41 Å². The summed E-state index contributed by atoms with van der Waals surface area (Å²) in [6, 6.07) is -0.118. The zero-order valence-electron chi connectivity index (χ0n) is 11.2. The van der Waals surface area contributed by atoms with Crippen molar-refractivity contribution in [3.8, 4) is 0 Å². The number of amidine groups is 1. The monoisotopic (exact) mass is 306 g/mol. The molecule has 0 fully saturated rings. The summed E-state index contributed by atoms with van der Waals surface area (Å²) >= 11 is 1.38. The molecule has 3 heterocycles. The highest BCUT2D eigenvalue weighted by Crippen LogP contribution is 2.25. The molecule has 21 heavy (non-hydrogen) atoms. The van der Waals surface area contributed by atoms with Crippen LogP contribution < -0.4 is 26.4 Å². The van der Waals surface area contributed by atoms with Gasteiger partial charge >= 0.3 is 5.84 Å². The third-order valence-electron chi connectivity index (χ3n) is 3.14. The molecule has 3 rings (SSSR count). The highest BCUT2D eigenvalue weighted by molar-refractivity contribution is 8.06. The van der Waals surface area contributed by atoms with E-state index in [9.17, 15) is 4.79 Å². The van der Waals surface area contributed by atoms with Crippen molar-refractivity contribution < 1.29 is 4.79 Å². The van der Waals surface area contributed by atoms with Gasteiger partial charge in [-0.25, -0.2) is 9.66 Å². The van der Waals surface area contributed by atoms with E-state index in [0.29, 0.717) is 18.0 Å². The van der Waals surface area contributed by atoms with Crippen LogP contribution in [0.1, 0.15) is 0 Å². The number of nitrogens with one attached hydrogen (secondary N) is 3. The number of hydrogen-bond donors (Lipinski definition) is 4. The zero-order chi connectivity index (χ0) is 14.7. The van der Waals surface area contributed by atoms with Crippen molar-refractivity contribution in [1.82, 2.24) is 25.5 Å². The number of rotatable bonds is 4. The quantitative estimate of drug-likeness (QED) is 0.441. The Morgan fingerprint density at radius 1 is 1.62 bits per heavy atom. The molecular formula is C12H16N7OS+. The topological polar surface area (TPSA) is 109 Å². The van der Waals surface area contributed by atoms with Crippen LogP contribution in [0.5, 0.6) is 0 Å². The van der Waals surface area contributed by atoms with Gasteiger partial charge in [0.2, 0.25) is 6.04 Å². The van der Waals surface area contributed by atoms with E-state index in [1.54, 1.807) is 18.9 Å². The molecule has 3 aliphatic rings. The van der Waals surface area contributed by atoms with Gasteiger partial charge in [0.1, 0.15) is 6.34 Å². The Kier molecular flexibility index (Phi) is 3.96. The Morgan fingerprint density at radius 3 is 3.38 bits per heavy atom. The third kappa shape index (κ3) is 2.80. The highest BCUT2D eigenvalue weighted by atomic mass is 32.2. The fourth-order valence-corrected chi connectivity index (χ4v) is 2.86. The highest BCUT2D eigenvalue weighted by Gasteiger charge is 2.40. The average Bonchev–Trinajstić information content (AvgIpc) is 3.01. The summed E-state index contributed by atoms with van der Waals surface area (Å²) in [5.41, 5.74) is 5.39. The molecule has 8 nitrogen and oxygen atoms in total. The van der Waals surface area contributed by atoms with E-state index >= 15 is 0 Å². The summed E-state index contributed by atoms with van der Waals surface area (Å²) in [6.07, 6.45) is 6.87. The minimum absolute atomic E-state index is 0.113. The lowest BCUT2D eigenvalue weighted by Crippen LogP contribution is -2.55. The van der Waals surface area contributed by atoms with Gasteiger partial charge in [0.25, 0.3) is 12.2 Å². The Balaban J connectivity index is 1.74. The second-order valence-corrected chi connectivity index (χ2v) is 5.46. The number of aliphatic imine (C=N–C) groups is 1. The molecule has 0 aromatic heterocycles. The molecule has 2 atom stereocenters. The summed E-state index contributed by atoms with van der Waals surface area (Å²) in [5.74, 6) is 0.675. The van der Waals surface area contributed by atoms with E-state index in [2.05, 4.69) is 25.6 Å². The molecule has 5 N–H and O–H groups in total. The van der Waals surface area contributed by atoms with Crippen LogP contribution in [0.4, 0.5) is 0 Å². The molecule has 9 heteroatoms. The maximum atomic E-state index is 12.0. The van der Waals surface area contributed by atoms with Gasteiger partial charge < -0.3 is 16.0 Å². The van der Waals surface area contributed by atoms with Crippen LogP contribution in [0, 0.1) is 0 Å². The predicted octanol–water partition coefficient (Wildman–Crippen LogP) is -2.15. The molecule has 2 unspecified atom stereocenters. The van der Waals surface area contributed by atoms with Crippen LogP contribution in [0.15, 0.2) is 27.7 Å². The van der Waals surface area contributed by atoms with Crippen molar-refractivity contribution in [3.05, 3.63) is 22.7 Å². The molecule has 1 amide bonds. The van der Waals surface area contributed by atoms with Gasteiger partial charge in [-0.2, -0.15) is 0 Å². The molecule has 0 aromatic carbocycles. The average molecular weight is 306 g/mol. The van der Waals surface area contributed by atoms with Gasteiger partial charge in [-0.1, -0.05) is 11.8 Å². The Morgan fingerprint density at radius 2 is 2.52 bits per heavy atom. The largest absolute Gasteiger partial charge is 0.350 e. The number of nitrogens with two attached hydrogens (primary N) is 1. The van der Waals surface area contributed by atoms with E-state index in [1.807, 2.05) is 16.5 Å². The zero-order valence-corrected chi connectivity index (χ0v) is 12.0. The number of nitrogens with zero attached hydrogens (tertiary/aromatic N) is 3. The number of hydrogen-bond acceptors (Lipinski definition) is 7. The van der Waals surface area contributed by atoms with Crippen molar-refractivity contribution in [2.45, 2.75) is 12.2 Å². The molecule has 110 valence electrons. The smallest absolute Gasteiger partial charge is 0.320 e.